The SMILES string of the molecule is CCCCOc1ccc(C(=O)NC(C)(CO)C(=O)OCc2ccccc2)c(O)c1. The third-order valence-corrected chi connectivity index (χ3v) is 4.35. The van der Waals surface area contributed by atoms with E-state index in [4.69, 9.17) is 9.47 Å². The fourth-order valence-corrected chi connectivity index (χ4v) is 2.48. The summed E-state index contributed by atoms with van der Waals surface area (Å²) in [5, 5.41) is 22.3. The van der Waals surface area contributed by atoms with Gasteiger partial charge in [0.25, 0.3) is 5.91 Å². The average molecular weight is 401 g/mol. The molecule has 0 aliphatic carbocycles. The number of phenols is 1. The maximum Gasteiger partial charge on any atom is 0.334 e. The molecule has 7 heteroatoms. The number of carbonyl (C=O) groups excluding carboxylic acids is 2. The molecule has 0 spiro atoms. The van der Waals surface area contributed by atoms with Crippen LogP contribution in [0, 0.1) is 0 Å². The Balaban J connectivity index is 2.02. The standard InChI is InChI=1S/C22H27NO6/c1-3-4-12-28-17-10-11-18(19(25)13-17)20(26)23-22(2,15-24)21(27)29-14-16-8-6-5-7-9-16/h5-11,13,24-25H,3-4,12,14-15H2,1-2H3,(H,23,26). The predicted molar refractivity (Wildman–Crippen MR) is 108 cm³/mol. The van der Waals surface area contributed by atoms with Crippen molar-refractivity contribution in [2.24, 2.45) is 0 Å². The van der Waals surface area contributed by atoms with E-state index >= 15 is 0 Å². The summed E-state index contributed by atoms with van der Waals surface area (Å²) in [5.41, 5.74) is -0.915. The van der Waals surface area contributed by atoms with Gasteiger partial charge < -0.3 is 25.0 Å². The van der Waals surface area contributed by atoms with Crippen LogP contribution in [0.4, 0.5) is 0 Å². The quantitative estimate of drug-likeness (QED) is 0.418. The first kappa shape index (κ1) is 22.2. The molecule has 29 heavy (non-hydrogen) atoms. The zero-order valence-corrected chi connectivity index (χ0v) is 16.7. The third kappa shape index (κ3) is 6.22. The number of phenolic OH excluding ortho intramolecular Hbond substituents is 1. The Morgan fingerprint density at radius 3 is 2.48 bits per heavy atom. The first-order chi connectivity index (χ1) is 13.9. The molecule has 1 atom stereocenters. The van der Waals surface area contributed by atoms with Crippen molar-refractivity contribution < 1.29 is 29.3 Å². The first-order valence-electron chi connectivity index (χ1n) is 9.50. The normalized spacial score (nSPS) is 12.7. The molecule has 0 aromatic heterocycles. The maximum atomic E-state index is 12.6. The molecule has 2 rings (SSSR count). The van der Waals surface area contributed by atoms with E-state index in [0.29, 0.717) is 12.4 Å². The molecule has 2 aromatic rings. The molecule has 0 saturated carbocycles. The van der Waals surface area contributed by atoms with Crippen LogP contribution in [0.5, 0.6) is 11.5 Å². The van der Waals surface area contributed by atoms with Gasteiger partial charge in [-0.05, 0) is 31.0 Å². The molecule has 1 amide bonds. The van der Waals surface area contributed by atoms with Gasteiger partial charge in [-0.1, -0.05) is 43.7 Å². The number of rotatable bonds is 10. The number of hydrogen-bond acceptors (Lipinski definition) is 6. The monoisotopic (exact) mass is 401 g/mol. The minimum absolute atomic E-state index is 0.0141. The van der Waals surface area contributed by atoms with Crippen LogP contribution in [0.2, 0.25) is 0 Å². The molecule has 0 bridgehead atoms. The molecule has 0 heterocycles. The Morgan fingerprint density at radius 1 is 1.14 bits per heavy atom. The summed E-state index contributed by atoms with van der Waals surface area (Å²) in [7, 11) is 0. The van der Waals surface area contributed by atoms with Gasteiger partial charge in [-0.2, -0.15) is 0 Å². The number of aliphatic hydroxyl groups excluding tert-OH is 1. The number of aliphatic hydroxyl groups is 1. The Hall–Kier alpha value is -3.06. The molecule has 0 radical (unpaired) electrons. The van der Waals surface area contributed by atoms with Crippen LogP contribution in [-0.4, -0.2) is 40.8 Å². The Bertz CT molecular complexity index is 823. The molecule has 1 unspecified atom stereocenters. The molecular formula is C22H27NO6. The van der Waals surface area contributed by atoms with Crippen LogP contribution < -0.4 is 10.1 Å². The molecule has 0 saturated heterocycles. The first-order valence-corrected chi connectivity index (χ1v) is 9.50. The zero-order valence-electron chi connectivity index (χ0n) is 16.7. The topological polar surface area (TPSA) is 105 Å². The van der Waals surface area contributed by atoms with E-state index in [2.05, 4.69) is 5.32 Å². The van der Waals surface area contributed by atoms with E-state index in [-0.39, 0.29) is 17.9 Å². The summed E-state index contributed by atoms with van der Waals surface area (Å²) in [6, 6.07) is 13.4. The van der Waals surface area contributed by atoms with E-state index in [1.807, 2.05) is 25.1 Å². The van der Waals surface area contributed by atoms with Crippen LogP contribution >= 0.6 is 0 Å². The van der Waals surface area contributed by atoms with Crippen molar-refractivity contribution in [2.75, 3.05) is 13.2 Å². The average Bonchev–Trinajstić information content (AvgIpc) is 2.72. The molecular weight excluding hydrogens is 374 g/mol. The van der Waals surface area contributed by atoms with Gasteiger partial charge in [-0.3, -0.25) is 4.79 Å². The third-order valence-electron chi connectivity index (χ3n) is 4.35. The summed E-state index contributed by atoms with van der Waals surface area (Å²) in [5.74, 6) is -1.33. The highest BCUT2D eigenvalue weighted by atomic mass is 16.5. The van der Waals surface area contributed by atoms with Crippen molar-refractivity contribution >= 4 is 11.9 Å². The van der Waals surface area contributed by atoms with Gasteiger partial charge >= 0.3 is 5.97 Å². The fourth-order valence-electron chi connectivity index (χ4n) is 2.48. The fraction of sp³-hybridized carbons (Fsp3) is 0.364. The number of hydrogen-bond donors (Lipinski definition) is 3. The highest BCUT2D eigenvalue weighted by Gasteiger charge is 2.37. The molecule has 2 aromatic carbocycles. The number of ether oxygens (including phenoxy) is 2. The van der Waals surface area contributed by atoms with Crippen LogP contribution in [0.25, 0.3) is 0 Å². The number of amides is 1. The van der Waals surface area contributed by atoms with Crippen molar-refractivity contribution in [2.45, 2.75) is 38.8 Å². The number of nitrogens with one attached hydrogen (secondary N) is 1. The van der Waals surface area contributed by atoms with Gasteiger partial charge in [-0.15, -0.1) is 0 Å². The number of unbranched alkanes of at least 4 members (excludes halogenated alkanes) is 1. The van der Waals surface area contributed by atoms with Crippen molar-refractivity contribution in [1.82, 2.24) is 5.32 Å². The lowest BCUT2D eigenvalue weighted by atomic mass is 10.0. The summed E-state index contributed by atoms with van der Waals surface area (Å²) in [4.78, 5) is 25.0. The lowest BCUT2D eigenvalue weighted by Crippen LogP contribution is -2.55. The van der Waals surface area contributed by atoms with Crippen molar-refractivity contribution in [1.29, 1.82) is 0 Å². The van der Waals surface area contributed by atoms with E-state index in [9.17, 15) is 19.8 Å². The predicted octanol–water partition coefficient (Wildman–Crippen LogP) is 2.80. The highest BCUT2D eigenvalue weighted by molar-refractivity contribution is 6.00. The van der Waals surface area contributed by atoms with Gasteiger partial charge in [0, 0.05) is 6.07 Å². The summed E-state index contributed by atoms with van der Waals surface area (Å²) < 4.78 is 10.7. The lowest BCUT2D eigenvalue weighted by molar-refractivity contribution is -0.153. The van der Waals surface area contributed by atoms with Gasteiger partial charge in [-0.25, -0.2) is 4.79 Å². The van der Waals surface area contributed by atoms with E-state index < -0.39 is 24.0 Å². The second kappa shape index (κ2) is 10.5. The summed E-state index contributed by atoms with van der Waals surface area (Å²) in [6.45, 7) is 3.26. The van der Waals surface area contributed by atoms with Gasteiger partial charge in [0.05, 0.1) is 18.8 Å². The van der Waals surface area contributed by atoms with Crippen LogP contribution in [0.1, 0.15) is 42.6 Å². The minimum Gasteiger partial charge on any atom is -0.507 e. The van der Waals surface area contributed by atoms with Crippen molar-refractivity contribution in [3.05, 3.63) is 59.7 Å². The van der Waals surface area contributed by atoms with Gasteiger partial charge in [0.2, 0.25) is 0 Å². The van der Waals surface area contributed by atoms with Crippen LogP contribution in [0.3, 0.4) is 0 Å². The maximum absolute atomic E-state index is 12.6. The lowest BCUT2D eigenvalue weighted by Gasteiger charge is -2.26. The van der Waals surface area contributed by atoms with Crippen LogP contribution in [-0.2, 0) is 16.1 Å². The van der Waals surface area contributed by atoms with Gasteiger partial charge in [0.15, 0.2) is 5.54 Å². The molecule has 3 N–H and O–H groups in total. The van der Waals surface area contributed by atoms with E-state index in [0.717, 1.165) is 18.4 Å². The summed E-state index contributed by atoms with van der Waals surface area (Å²) in [6.07, 6.45) is 1.86. The number of carbonyl (C=O) groups is 2. The number of esters is 1. The Labute approximate surface area is 170 Å². The smallest absolute Gasteiger partial charge is 0.334 e. The minimum atomic E-state index is -1.66. The Morgan fingerprint density at radius 2 is 1.86 bits per heavy atom. The van der Waals surface area contributed by atoms with Crippen molar-refractivity contribution in [3.8, 4) is 11.5 Å². The molecule has 156 valence electrons. The molecule has 7 nitrogen and oxygen atoms in total. The Kier molecular flexibility index (Phi) is 8.03. The largest absolute Gasteiger partial charge is 0.507 e. The second-order valence-corrected chi connectivity index (χ2v) is 6.89. The van der Waals surface area contributed by atoms with Gasteiger partial charge in [0.1, 0.15) is 18.1 Å². The number of aromatic hydroxyl groups is 1. The second-order valence-electron chi connectivity index (χ2n) is 6.89. The summed E-state index contributed by atoms with van der Waals surface area (Å²) >= 11 is 0. The molecule has 0 aliphatic rings. The van der Waals surface area contributed by atoms with E-state index in [1.165, 1.54) is 19.1 Å². The zero-order chi connectivity index (χ0) is 21.3. The van der Waals surface area contributed by atoms with Crippen molar-refractivity contribution in [3.63, 3.8) is 0 Å². The highest BCUT2D eigenvalue weighted by Crippen LogP contribution is 2.24. The van der Waals surface area contributed by atoms with E-state index in [1.54, 1.807) is 18.2 Å². The molecule has 0 fully saturated rings. The number of benzene rings is 2. The molecule has 0 aliphatic heterocycles. The van der Waals surface area contributed by atoms with Crippen LogP contribution in [0.15, 0.2) is 48.5 Å².